The monoisotopic (exact) mass is 400 g/mol. The highest BCUT2D eigenvalue weighted by atomic mass is 32.1. The molecule has 1 amide bonds. The van der Waals surface area contributed by atoms with Crippen molar-refractivity contribution in [2.45, 2.75) is 26.5 Å². The number of thiazole rings is 1. The Hall–Kier alpha value is -3.20. The number of benzene rings is 1. The Morgan fingerprint density at radius 1 is 1.21 bits per heavy atom. The van der Waals surface area contributed by atoms with Gasteiger partial charge in [0, 0.05) is 18.9 Å². The van der Waals surface area contributed by atoms with Crippen molar-refractivity contribution in [3.63, 3.8) is 0 Å². The molecule has 1 unspecified atom stereocenters. The molecule has 2 aromatic heterocycles. The van der Waals surface area contributed by atoms with Gasteiger partial charge in [-0.2, -0.15) is 0 Å². The molecular formula is C19H17FN4O3S. The lowest BCUT2D eigenvalue weighted by atomic mass is 10.2. The third-order valence-corrected chi connectivity index (χ3v) is 4.91. The first kappa shape index (κ1) is 19.6. The molecule has 1 aromatic carbocycles. The van der Waals surface area contributed by atoms with E-state index < -0.39 is 18.0 Å². The molecule has 2 heterocycles. The van der Waals surface area contributed by atoms with Crippen LogP contribution in [0.5, 0.6) is 0 Å². The van der Waals surface area contributed by atoms with E-state index in [0.717, 1.165) is 16.9 Å². The quantitative estimate of drug-likeness (QED) is 0.640. The highest BCUT2D eigenvalue weighted by Crippen LogP contribution is 2.26. The van der Waals surface area contributed by atoms with Crippen LogP contribution in [0.1, 0.15) is 27.9 Å². The second-order valence-corrected chi connectivity index (χ2v) is 6.90. The van der Waals surface area contributed by atoms with E-state index in [1.165, 1.54) is 19.1 Å². The topological polar surface area (TPSA) is 94.1 Å². The minimum Gasteiger partial charge on any atom is -0.448 e. The Balaban J connectivity index is 1.60. The highest BCUT2D eigenvalue weighted by molar-refractivity contribution is 7.16. The van der Waals surface area contributed by atoms with Gasteiger partial charge in [0.15, 0.2) is 16.9 Å². The number of esters is 1. The fraction of sp³-hybridized carbons (Fsp3) is 0.211. The molecule has 7 nitrogen and oxygen atoms in total. The number of halogens is 1. The minimum absolute atomic E-state index is 0.204. The molecule has 0 aliphatic heterocycles. The number of ether oxygens (including phenoxy) is 1. The molecule has 3 rings (SSSR count). The molecule has 1 N–H and O–H groups in total. The molecule has 1 atom stereocenters. The lowest BCUT2D eigenvalue weighted by molar-refractivity contribution is -0.129. The van der Waals surface area contributed by atoms with Crippen molar-refractivity contribution in [2.24, 2.45) is 0 Å². The molecule has 0 bridgehead atoms. The van der Waals surface area contributed by atoms with Gasteiger partial charge in [0.1, 0.15) is 10.7 Å². The Morgan fingerprint density at radius 3 is 2.57 bits per heavy atom. The van der Waals surface area contributed by atoms with Crippen LogP contribution in [-0.4, -0.2) is 32.9 Å². The van der Waals surface area contributed by atoms with Gasteiger partial charge in [-0.05, 0) is 37.6 Å². The maximum absolute atomic E-state index is 12.9. The van der Waals surface area contributed by atoms with Crippen molar-refractivity contribution in [3.05, 3.63) is 64.7 Å². The SMILES string of the molecule is Cc1nc(-c2ncccn2)sc1C(=O)OC(C)C(=O)NCc1ccc(F)cc1. The number of aryl methyl sites for hydroxylation is 1. The van der Waals surface area contributed by atoms with E-state index in [4.69, 9.17) is 4.74 Å². The lowest BCUT2D eigenvalue weighted by Gasteiger charge is -2.13. The molecule has 28 heavy (non-hydrogen) atoms. The predicted octanol–water partition coefficient (Wildman–Crippen LogP) is 2.91. The normalized spacial score (nSPS) is 11.7. The predicted molar refractivity (Wildman–Crippen MR) is 101 cm³/mol. The van der Waals surface area contributed by atoms with E-state index in [2.05, 4.69) is 20.3 Å². The second kappa shape index (κ2) is 8.66. The van der Waals surface area contributed by atoms with Gasteiger partial charge in [-0.1, -0.05) is 12.1 Å². The summed E-state index contributed by atoms with van der Waals surface area (Å²) in [6.07, 6.45) is 2.18. The number of amides is 1. The van der Waals surface area contributed by atoms with Gasteiger partial charge < -0.3 is 10.1 Å². The number of aromatic nitrogens is 3. The van der Waals surface area contributed by atoms with Gasteiger partial charge >= 0.3 is 5.97 Å². The summed E-state index contributed by atoms with van der Waals surface area (Å²) >= 11 is 1.11. The summed E-state index contributed by atoms with van der Waals surface area (Å²) in [5, 5.41) is 3.15. The van der Waals surface area contributed by atoms with E-state index in [9.17, 15) is 14.0 Å². The van der Waals surface area contributed by atoms with Crippen LogP contribution in [0.25, 0.3) is 10.8 Å². The fourth-order valence-electron chi connectivity index (χ4n) is 2.29. The van der Waals surface area contributed by atoms with Crippen LogP contribution in [0.3, 0.4) is 0 Å². The van der Waals surface area contributed by atoms with E-state index in [-0.39, 0.29) is 12.4 Å². The van der Waals surface area contributed by atoms with Gasteiger partial charge in [0.25, 0.3) is 5.91 Å². The first-order valence-corrected chi connectivity index (χ1v) is 9.23. The Kier molecular flexibility index (Phi) is 6.05. The van der Waals surface area contributed by atoms with Crippen LogP contribution in [0, 0.1) is 12.7 Å². The van der Waals surface area contributed by atoms with Gasteiger partial charge in [-0.15, -0.1) is 11.3 Å². The fourth-order valence-corrected chi connectivity index (χ4v) is 3.19. The van der Waals surface area contributed by atoms with Crippen LogP contribution in [0.4, 0.5) is 4.39 Å². The molecule has 144 valence electrons. The summed E-state index contributed by atoms with van der Waals surface area (Å²) in [5.41, 5.74) is 1.22. The molecule has 9 heteroatoms. The number of rotatable bonds is 6. The van der Waals surface area contributed by atoms with Crippen molar-refractivity contribution in [1.82, 2.24) is 20.3 Å². The van der Waals surface area contributed by atoms with Crippen LogP contribution >= 0.6 is 11.3 Å². The van der Waals surface area contributed by atoms with Crippen LogP contribution in [0.15, 0.2) is 42.7 Å². The zero-order chi connectivity index (χ0) is 20.1. The van der Waals surface area contributed by atoms with Crippen molar-refractivity contribution in [1.29, 1.82) is 0 Å². The third-order valence-electron chi connectivity index (χ3n) is 3.77. The van der Waals surface area contributed by atoms with Crippen LogP contribution in [0.2, 0.25) is 0 Å². The summed E-state index contributed by atoms with van der Waals surface area (Å²) in [5.74, 6) is -1.02. The largest absolute Gasteiger partial charge is 0.448 e. The number of hydrogen-bond acceptors (Lipinski definition) is 7. The molecule has 0 saturated carbocycles. The van der Waals surface area contributed by atoms with Crippen LogP contribution < -0.4 is 5.32 Å². The minimum atomic E-state index is -0.995. The maximum atomic E-state index is 12.9. The Bertz CT molecular complexity index is 977. The summed E-state index contributed by atoms with van der Waals surface area (Å²) in [4.78, 5) is 37.4. The zero-order valence-electron chi connectivity index (χ0n) is 15.2. The molecule has 3 aromatic rings. The Morgan fingerprint density at radius 2 is 1.89 bits per heavy atom. The molecule has 0 fully saturated rings. The average Bonchev–Trinajstić information content (AvgIpc) is 3.09. The van der Waals surface area contributed by atoms with Gasteiger partial charge in [0.2, 0.25) is 0 Å². The third kappa shape index (κ3) is 4.74. The standard InChI is InChI=1S/C19H17FN4O3S/c1-11-15(28-18(24-11)16-21-8-3-9-22-16)19(26)27-12(2)17(25)23-10-13-4-6-14(20)7-5-13/h3-9,12H,10H2,1-2H3,(H,23,25). The van der Waals surface area contributed by atoms with E-state index in [1.54, 1.807) is 37.5 Å². The maximum Gasteiger partial charge on any atom is 0.351 e. The van der Waals surface area contributed by atoms with E-state index in [1.807, 2.05) is 0 Å². The van der Waals surface area contributed by atoms with Gasteiger partial charge in [-0.25, -0.2) is 24.1 Å². The molecule has 0 radical (unpaired) electrons. The summed E-state index contributed by atoms with van der Waals surface area (Å²) in [7, 11) is 0. The zero-order valence-corrected chi connectivity index (χ0v) is 16.0. The first-order chi connectivity index (χ1) is 13.4. The summed E-state index contributed by atoms with van der Waals surface area (Å²) in [6.45, 7) is 3.37. The molecule has 0 spiro atoms. The molecule has 0 aliphatic carbocycles. The van der Waals surface area contributed by atoms with Crippen molar-refractivity contribution in [2.75, 3.05) is 0 Å². The number of carbonyl (C=O) groups is 2. The first-order valence-electron chi connectivity index (χ1n) is 8.42. The Labute approximate surface area is 164 Å². The number of carbonyl (C=O) groups excluding carboxylic acids is 2. The van der Waals surface area contributed by atoms with Crippen molar-refractivity contribution >= 4 is 23.2 Å². The van der Waals surface area contributed by atoms with E-state index in [0.29, 0.717) is 21.4 Å². The summed E-state index contributed by atoms with van der Waals surface area (Å²) in [6, 6.07) is 7.45. The van der Waals surface area contributed by atoms with Crippen molar-refractivity contribution in [3.8, 4) is 10.8 Å². The van der Waals surface area contributed by atoms with Crippen LogP contribution in [-0.2, 0) is 16.1 Å². The van der Waals surface area contributed by atoms with Gasteiger partial charge in [-0.3, -0.25) is 4.79 Å². The smallest absolute Gasteiger partial charge is 0.351 e. The van der Waals surface area contributed by atoms with E-state index >= 15 is 0 Å². The lowest BCUT2D eigenvalue weighted by Crippen LogP contribution is -2.35. The second-order valence-electron chi connectivity index (χ2n) is 5.90. The highest BCUT2D eigenvalue weighted by Gasteiger charge is 2.23. The van der Waals surface area contributed by atoms with Crippen molar-refractivity contribution < 1.29 is 18.7 Å². The molecule has 0 saturated heterocycles. The number of nitrogens with one attached hydrogen (secondary N) is 1. The molecular weight excluding hydrogens is 383 g/mol. The summed E-state index contributed by atoms with van der Waals surface area (Å²) < 4.78 is 18.2. The molecule has 0 aliphatic rings. The average molecular weight is 400 g/mol. The number of hydrogen-bond donors (Lipinski definition) is 1. The van der Waals surface area contributed by atoms with Gasteiger partial charge in [0.05, 0.1) is 5.69 Å². The number of nitrogens with zero attached hydrogens (tertiary/aromatic N) is 3.